The van der Waals surface area contributed by atoms with Crippen LogP contribution in [0.1, 0.15) is 42.9 Å². The van der Waals surface area contributed by atoms with Crippen LogP contribution in [0, 0.1) is 0 Å². The molecule has 1 atom stereocenters. The molecule has 37 heavy (non-hydrogen) atoms. The number of carbonyl (C=O) groups is 1. The number of amidine groups is 1. The number of benzene rings is 2. The molecule has 198 valence electrons. The maximum atomic E-state index is 13.5. The number of rotatable bonds is 11. The maximum Gasteiger partial charge on any atom is 0.338 e. The molecule has 0 aliphatic carbocycles. The number of carbonyl (C=O) groups excluding carboxylic acids is 1. The Morgan fingerprint density at radius 1 is 1.08 bits per heavy atom. The molecule has 1 unspecified atom stereocenters. The fourth-order valence-corrected chi connectivity index (χ4v) is 5.33. The molecule has 0 radical (unpaired) electrons. The van der Waals surface area contributed by atoms with Crippen LogP contribution in [0.15, 0.2) is 75.3 Å². The van der Waals surface area contributed by atoms with Crippen molar-refractivity contribution in [1.82, 2.24) is 10.2 Å². The van der Waals surface area contributed by atoms with Gasteiger partial charge in [-0.2, -0.15) is 0 Å². The number of aliphatic imine (C=N–C) groups is 1. The number of likely N-dealkylation sites (tertiary alicyclic amines) is 1. The van der Waals surface area contributed by atoms with E-state index in [1.54, 1.807) is 0 Å². The first-order valence-electron chi connectivity index (χ1n) is 13.0. The van der Waals surface area contributed by atoms with Crippen LogP contribution in [0.4, 0.5) is 0 Å². The average Bonchev–Trinajstić information content (AvgIpc) is 2.94. The summed E-state index contributed by atoms with van der Waals surface area (Å²) in [5.41, 5.74) is 3.44. The highest BCUT2D eigenvalue weighted by Gasteiger charge is 2.32. The molecule has 0 aromatic heterocycles. The Labute approximate surface area is 233 Å². The first kappa shape index (κ1) is 27.9. The Bertz CT molecular complexity index is 1070. The highest BCUT2D eigenvalue weighted by Crippen LogP contribution is 2.33. The van der Waals surface area contributed by atoms with Gasteiger partial charge in [0.05, 0.1) is 31.1 Å². The second-order valence-corrected chi connectivity index (χ2v) is 11.0. The smallest absolute Gasteiger partial charge is 0.338 e. The number of aryl methyl sites for hydroxylation is 1. The molecule has 0 saturated carbocycles. The molecule has 0 spiro atoms. The van der Waals surface area contributed by atoms with Crippen molar-refractivity contribution in [2.45, 2.75) is 38.1 Å². The van der Waals surface area contributed by atoms with Gasteiger partial charge >= 0.3 is 5.97 Å². The third-order valence-corrected chi connectivity index (χ3v) is 7.76. The maximum absolute atomic E-state index is 13.5. The fourth-order valence-electron chi connectivity index (χ4n) is 4.63. The zero-order valence-electron chi connectivity index (χ0n) is 21.5. The van der Waals surface area contributed by atoms with Crippen LogP contribution < -0.4 is 5.32 Å². The molecule has 0 amide bonds. The number of esters is 1. The Balaban J connectivity index is 1.46. The number of hydrogen-bond donors (Lipinski definition) is 1. The minimum absolute atomic E-state index is 0.314. The number of thioether (sulfide) groups is 1. The minimum Gasteiger partial charge on any atom is -0.462 e. The first-order valence-corrected chi connectivity index (χ1v) is 15.0. The number of nitrogens with one attached hydrogen (secondary N) is 1. The number of halogens is 1. The van der Waals surface area contributed by atoms with Gasteiger partial charge < -0.3 is 19.7 Å². The lowest BCUT2D eigenvalue weighted by Gasteiger charge is -2.28. The van der Waals surface area contributed by atoms with E-state index in [2.05, 4.69) is 38.3 Å². The molecule has 2 aliphatic heterocycles. The van der Waals surface area contributed by atoms with Crippen LogP contribution in [-0.2, 0) is 20.7 Å². The second kappa shape index (κ2) is 14.7. The molecule has 1 fully saturated rings. The van der Waals surface area contributed by atoms with Crippen molar-refractivity contribution in [2.75, 3.05) is 45.7 Å². The minimum atomic E-state index is -0.445. The predicted octanol–water partition coefficient (Wildman–Crippen LogP) is 5.75. The molecule has 1 saturated heterocycles. The van der Waals surface area contributed by atoms with Crippen molar-refractivity contribution < 1.29 is 14.3 Å². The molecule has 2 heterocycles. The van der Waals surface area contributed by atoms with Gasteiger partial charge in [0.2, 0.25) is 0 Å². The Kier molecular flexibility index (Phi) is 11.1. The summed E-state index contributed by atoms with van der Waals surface area (Å²) in [6, 6.07) is 17.8. The van der Waals surface area contributed by atoms with Crippen molar-refractivity contribution in [3.8, 4) is 0 Å². The third-order valence-electron chi connectivity index (χ3n) is 6.63. The summed E-state index contributed by atoms with van der Waals surface area (Å²) in [7, 11) is 0. The largest absolute Gasteiger partial charge is 0.462 e. The van der Waals surface area contributed by atoms with E-state index in [0.29, 0.717) is 25.4 Å². The van der Waals surface area contributed by atoms with E-state index in [1.165, 1.54) is 36.6 Å². The van der Waals surface area contributed by atoms with Crippen LogP contribution in [0.2, 0.25) is 0 Å². The van der Waals surface area contributed by atoms with E-state index in [9.17, 15) is 4.79 Å². The highest BCUT2D eigenvalue weighted by atomic mass is 79.9. The van der Waals surface area contributed by atoms with E-state index in [4.69, 9.17) is 14.5 Å². The number of nitrogens with zero attached hydrogens (tertiary/aromatic N) is 2. The highest BCUT2D eigenvalue weighted by molar-refractivity contribution is 9.10. The van der Waals surface area contributed by atoms with Gasteiger partial charge in [-0.3, -0.25) is 0 Å². The topological polar surface area (TPSA) is 63.2 Å². The van der Waals surface area contributed by atoms with Crippen LogP contribution in [0.25, 0.3) is 0 Å². The van der Waals surface area contributed by atoms with Gasteiger partial charge in [0, 0.05) is 11.0 Å². The molecule has 2 aliphatic rings. The van der Waals surface area contributed by atoms with Gasteiger partial charge in [-0.1, -0.05) is 76.6 Å². The van der Waals surface area contributed by atoms with Crippen molar-refractivity contribution in [1.29, 1.82) is 0 Å². The SMILES string of the molecule is CSC1=NC(c2ccc(Br)cc2)C(C(=O)OCCCc2ccccc2)=C(COCCN2CCCCC2)N1. The molecule has 6 nitrogen and oxygen atoms in total. The molecule has 0 bridgehead atoms. The normalized spacial score (nSPS) is 18.3. The van der Waals surface area contributed by atoms with Gasteiger partial charge in [0.15, 0.2) is 5.17 Å². The van der Waals surface area contributed by atoms with Crippen LogP contribution >= 0.6 is 27.7 Å². The lowest BCUT2D eigenvalue weighted by atomic mass is 9.96. The van der Waals surface area contributed by atoms with Crippen LogP contribution in [-0.4, -0.2) is 61.7 Å². The lowest BCUT2D eigenvalue weighted by Crippen LogP contribution is -2.35. The van der Waals surface area contributed by atoms with Gasteiger partial charge in [0.1, 0.15) is 6.04 Å². The number of ether oxygens (including phenoxy) is 2. The summed E-state index contributed by atoms with van der Waals surface area (Å²) < 4.78 is 12.9. The number of piperidine rings is 1. The van der Waals surface area contributed by atoms with E-state index in [1.807, 2.05) is 48.7 Å². The third kappa shape index (κ3) is 8.43. The van der Waals surface area contributed by atoms with Crippen molar-refractivity contribution in [2.24, 2.45) is 4.99 Å². The second-order valence-electron chi connectivity index (χ2n) is 9.29. The number of hydrogen-bond acceptors (Lipinski definition) is 7. The van der Waals surface area contributed by atoms with Crippen molar-refractivity contribution in [3.05, 3.63) is 81.5 Å². The summed E-state index contributed by atoms with van der Waals surface area (Å²) in [4.78, 5) is 20.8. The quantitative estimate of drug-likeness (QED) is 0.268. The van der Waals surface area contributed by atoms with Crippen molar-refractivity contribution >= 4 is 38.8 Å². The molecular formula is C29H36BrN3O3S. The van der Waals surface area contributed by atoms with E-state index < -0.39 is 6.04 Å². The molecule has 2 aromatic carbocycles. The average molecular weight is 587 g/mol. The summed E-state index contributed by atoms with van der Waals surface area (Å²) in [5.74, 6) is -0.341. The van der Waals surface area contributed by atoms with Gasteiger partial charge in [-0.25, -0.2) is 9.79 Å². The van der Waals surface area contributed by atoms with Crippen LogP contribution in [0.3, 0.4) is 0 Å². The molecule has 8 heteroatoms. The zero-order valence-corrected chi connectivity index (χ0v) is 23.9. The summed E-state index contributed by atoms with van der Waals surface area (Å²) in [6.45, 7) is 4.48. The summed E-state index contributed by atoms with van der Waals surface area (Å²) in [6.07, 6.45) is 7.44. The Morgan fingerprint density at radius 2 is 1.84 bits per heavy atom. The summed E-state index contributed by atoms with van der Waals surface area (Å²) in [5, 5.41) is 4.11. The van der Waals surface area contributed by atoms with E-state index >= 15 is 0 Å². The Morgan fingerprint density at radius 3 is 2.57 bits per heavy atom. The molecule has 4 rings (SSSR count). The van der Waals surface area contributed by atoms with Crippen LogP contribution in [0.5, 0.6) is 0 Å². The molecular weight excluding hydrogens is 550 g/mol. The predicted molar refractivity (Wildman–Crippen MR) is 155 cm³/mol. The Hall–Kier alpha value is -2.13. The van der Waals surface area contributed by atoms with E-state index in [0.717, 1.165) is 53.4 Å². The first-order chi connectivity index (χ1) is 18.1. The van der Waals surface area contributed by atoms with Gasteiger partial charge in [0.25, 0.3) is 0 Å². The summed E-state index contributed by atoms with van der Waals surface area (Å²) >= 11 is 5.03. The van der Waals surface area contributed by atoms with Gasteiger partial charge in [-0.15, -0.1) is 0 Å². The standard InChI is InChI=1S/C29H36BrN3O3S/c1-37-29-31-25(21-35-20-18-33-16-6-3-7-17-33)26(27(32-29)23-12-14-24(30)15-13-23)28(34)36-19-8-11-22-9-4-2-5-10-22/h2,4-5,9-10,12-15,27H,3,6-8,11,16-21H2,1H3,(H,31,32). The molecule has 1 N–H and O–H groups in total. The molecule has 2 aromatic rings. The van der Waals surface area contributed by atoms with Gasteiger partial charge in [-0.05, 0) is 68.3 Å². The monoisotopic (exact) mass is 585 g/mol. The fraction of sp³-hybridized carbons (Fsp3) is 0.448. The van der Waals surface area contributed by atoms with Crippen molar-refractivity contribution in [3.63, 3.8) is 0 Å². The zero-order chi connectivity index (χ0) is 25.9. The lowest BCUT2D eigenvalue weighted by molar-refractivity contribution is -0.139. The van der Waals surface area contributed by atoms with E-state index in [-0.39, 0.29) is 5.97 Å².